The Morgan fingerprint density at radius 2 is 1.82 bits per heavy atom. The third-order valence-electron chi connectivity index (χ3n) is 6.06. The summed E-state index contributed by atoms with van der Waals surface area (Å²) in [6.07, 6.45) is 2.31. The molecule has 0 fully saturated rings. The first-order valence-corrected chi connectivity index (χ1v) is 12.5. The van der Waals surface area contributed by atoms with Crippen LogP contribution in [0.4, 0.5) is 0 Å². The van der Waals surface area contributed by atoms with Gasteiger partial charge in [0.2, 0.25) is 17.6 Å². The highest BCUT2D eigenvalue weighted by Gasteiger charge is 2.32. The maximum atomic E-state index is 13.7. The Labute approximate surface area is 221 Å². The van der Waals surface area contributed by atoms with E-state index in [2.05, 4.69) is 34.6 Å². The molecule has 0 saturated heterocycles. The number of benzene rings is 2. The molecule has 4 rings (SSSR count). The molecule has 2 amide bonds. The summed E-state index contributed by atoms with van der Waals surface area (Å²) < 4.78 is 5.52. The predicted molar refractivity (Wildman–Crippen MR) is 141 cm³/mol. The first-order valence-electron chi connectivity index (χ1n) is 12.5. The third-order valence-corrected chi connectivity index (χ3v) is 6.06. The van der Waals surface area contributed by atoms with Gasteiger partial charge in [0.05, 0.1) is 12.8 Å². The molecule has 1 atom stereocenters. The molecule has 0 spiro atoms. The van der Waals surface area contributed by atoms with Crippen LogP contribution in [-0.2, 0) is 22.7 Å². The van der Waals surface area contributed by atoms with Gasteiger partial charge in [-0.15, -0.1) is 10.2 Å². The molecule has 1 unspecified atom stereocenters. The number of aromatic hydroxyl groups is 1. The minimum absolute atomic E-state index is 0.0501. The quantitative estimate of drug-likeness (QED) is 0.310. The summed E-state index contributed by atoms with van der Waals surface area (Å²) in [4.78, 5) is 29.9. The highest BCUT2D eigenvalue weighted by atomic mass is 16.3. The van der Waals surface area contributed by atoms with Gasteiger partial charge in [0.15, 0.2) is 0 Å². The lowest BCUT2D eigenvalue weighted by molar-refractivity contribution is -0.142. The summed E-state index contributed by atoms with van der Waals surface area (Å²) in [5.41, 5.74) is 2.45. The van der Waals surface area contributed by atoms with E-state index in [1.54, 1.807) is 24.3 Å². The molecular formula is C28H32N6O4. The Morgan fingerprint density at radius 1 is 1.08 bits per heavy atom. The zero-order valence-corrected chi connectivity index (χ0v) is 21.7. The van der Waals surface area contributed by atoms with Crippen molar-refractivity contribution in [1.82, 2.24) is 30.4 Å². The number of rotatable bonds is 11. The van der Waals surface area contributed by atoms with Gasteiger partial charge >= 0.3 is 0 Å². The van der Waals surface area contributed by atoms with Gasteiger partial charge in [0.25, 0.3) is 0 Å². The van der Waals surface area contributed by atoms with Crippen molar-refractivity contribution in [2.45, 2.75) is 46.3 Å². The molecule has 2 aromatic carbocycles. The normalized spacial score (nSPS) is 11.9. The van der Waals surface area contributed by atoms with Crippen LogP contribution in [-0.4, -0.2) is 48.6 Å². The van der Waals surface area contributed by atoms with Gasteiger partial charge in [-0.05, 0) is 54.3 Å². The average molecular weight is 517 g/mol. The average Bonchev–Trinajstić information content (AvgIpc) is 3.57. The minimum atomic E-state index is -0.972. The number of amides is 2. The Balaban J connectivity index is 1.62. The summed E-state index contributed by atoms with van der Waals surface area (Å²) in [6.45, 7) is 6.43. The van der Waals surface area contributed by atoms with Crippen LogP contribution in [0.25, 0.3) is 11.4 Å². The van der Waals surface area contributed by atoms with Crippen molar-refractivity contribution < 1.29 is 19.1 Å². The SMILES string of the molecule is Cc1ccc(-c2nnn(CC(=O)N(Cc3ccco3)C(C(=O)NCCC(C)C)c3ccc(O)cc3)n2)cc1. The van der Waals surface area contributed by atoms with Crippen molar-refractivity contribution in [2.24, 2.45) is 5.92 Å². The lowest BCUT2D eigenvalue weighted by atomic mass is 10.0. The van der Waals surface area contributed by atoms with Crippen molar-refractivity contribution in [1.29, 1.82) is 0 Å². The molecule has 2 N–H and O–H groups in total. The highest BCUT2D eigenvalue weighted by molar-refractivity contribution is 5.88. The van der Waals surface area contributed by atoms with Gasteiger partial charge in [-0.25, -0.2) is 0 Å². The molecule has 0 aliphatic carbocycles. The Kier molecular flexibility index (Phi) is 8.52. The van der Waals surface area contributed by atoms with Crippen LogP contribution < -0.4 is 5.32 Å². The number of carbonyl (C=O) groups excluding carboxylic acids is 2. The van der Waals surface area contributed by atoms with E-state index in [4.69, 9.17) is 4.42 Å². The molecule has 10 nitrogen and oxygen atoms in total. The van der Waals surface area contributed by atoms with Crippen molar-refractivity contribution in [3.05, 3.63) is 83.8 Å². The van der Waals surface area contributed by atoms with Gasteiger partial charge in [-0.2, -0.15) is 4.80 Å². The maximum absolute atomic E-state index is 13.7. The number of nitrogens with one attached hydrogen (secondary N) is 1. The molecular weight excluding hydrogens is 484 g/mol. The van der Waals surface area contributed by atoms with E-state index in [-0.39, 0.29) is 24.7 Å². The van der Waals surface area contributed by atoms with E-state index < -0.39 is 11.9 Å². The van der Waals surface area contributed by atoms with Gasteiger partial charge in [-0.1, -0.05) is 55.8 Å². The molecule has 38 heavy (non-hydrogen) atoms. The number of aryl methyl sites for hydroxylation is 1. The number of hydrogen-bond donors (Lipinski definition) is 2. The van der Waals surface area contributed by atoms with Gasteiger partial charge in [0.1, 0.15) is 24.1 Å². The van der Waals surface area contributed by atoms with Crippen LogP contribution in [0.5, 0.6) is 5.75 Å². The van der Waals surface area contributed by atoms with Crippen molar-refractivity contribution in [2.75, 3.05) is 6.54 Å². The summed E-state index contributed by atoms with van der Waals surface area (Å²) in [6, 6.07) is 16.4. The first kappa shape index (κ1) is 26.6. The minimum Gasteiger partial charge on any atom is -0.508 e. The standard InChI is InChI=1S/C28H32N6O4/c1-19(2)14-15-29-28(37)26(21-10-12-23(35)13-11-21)33(17-24-5-4-16-38-24)25(36)18-34-31-27(30-32-34)22-8-6-20(3)7-9-22/h4-13,16,19,26,35H,14-15,17-18H2,1-3H3,(H,29,37). The number of phenolic OH excluding ortho intramolecular Hbond substituents is 1. The highest BCUT2D eigenvalue weighted by Crippen LogP contribution is 2.26. The van der Waals surface area contributed by atoms with E-state index in [1.807, 2.05) is 31.2 Å². The topological polar surface area (TPSA) is 126 Å². The molecule has 0 aliphatic heterocycles. The fourth-order valence-corrected chi connectivity index (χ4v) is 3.94. The smallest absolute Gasteiger partial charge is 0.247 e. The molecule has 0 radical (unpaired) electrons. The Morgan fingerprint density at radius 3 is 2.47 bits per heavy atom. The predicted octanol–water partition coefficient (Wildman–Crippen LogP) is 3.88. The second-order valence-electron chi connectivity index (χ2n) is 9.58. The summed E-state index contributed by atoms with van der Waals surface area (Å²) in [5.74, 6) is 0.659. The monoisotopic (exact) mass is 516 g/mol. The molecule has 10 heteroatoms. The number of hydrogen-bond acceptors (Lipinski definition) is 7. The number of carbonyl (C=O) groups is 2. The van der Waals surface area contributed by atoms with Crippen LogP contribution in [0.15, 0.2) is 71.3 Å². The van der Waals surface area contributed by atoms with E-state index in [0.29, 0.717) is 29.6 Å². The second-order valence-corrected chi connectivity index (χ2v) is 9.58. The summed E-state index contributed by atoms with van der Waals surface area (Å²) in [7, 11) is 0. The molecule has 2 aromatic heterocycles. The number of nitrogens with zero attached hydrogens (tertiary/aromatic N) is 5. The number of phenols is 1. The van der Waals surface area contributed by atoms with Gasteiger partial charge in [0, 0.05) is 12.1 Å². The van der Waals surface area contributed by atoms with Crippen LogP contribution in [0, 0.1) is 12.8 Å². The molecule has 0 bridgehead atoms. The van der Waals surface area contributed by atoms with Crippen LogP contribution in [0.2, 0.25) is 0 Å². The molecule has 198 valence electrons. The zero-order chi connectivity index (χ0) is 27.1. The van der Waals surface area contributed by atoms with E-state index in [0.717, 1.165) is 17.5 Å². The van der Waals surface area contributed by atoms with E-state index >= 15 is 0 Å². The van der Waals surface area contributed by atoms with E-state index in [9.17, 15) is 14.7 Å². The molecule has 0 aliphatic rings. The number of furan rings is 1. The molecule has 0 saturated carbocycles. The summed E-state index contributed by atoms with van der Waals surface area (Å²) >= 11 is 0. The largest absolute Gasteiger partial charge is 0.508 e. The summed E-state index contributed by atoms with van der Waals surface area (Å²) in [5, 5.41) is 25.3. The Hall–Kier alpha value is -4.47. The van der Waals surface area contributed by atoms with Crippen molar-refractivity contribution in [3.63, 3.8) is 0 Å². The van der Waals surface area contributed by atoms with Gasteiger partial charge in [-0.3, -0.25) is 9.59 Å². The van der Waals surface area contributed by atoms with Crippen LogP contribution >= 0.6 is 0 Å². The lowest BCUT2D eigenvalue weighted by Gasteiger charge is -2.30. The zero-order valence-electron chi connectivity index (χ0n) is 21.7. The van der Waals surface area contributed by atoms with Crippen LogP contribution in [0.1, 0.15) is 43.2 Å². The number of tetrazole rings is 1. The third kappa shape index (κ3) is 6.84. The molecule has 2 heterocycles. The fourth-order valence-electron chi connectivity index (χ4n) is 3.94. The van der Waals surface area contributed by atoms with Crippen LogP contribution in [0.3, 0.4) is 0 Å². The molecule has 4 aromatic rings. The number of aromatic nitrogens is 4. The first-order chi connectivity index (χ1) is 18.3. The Bertz CT molecular complexity index is 1330. The van der Waals surface area contributed by atoms with E-state index in [1.165, 1.54) is 28.1 Å². The van der Waals surface area contributed by atoms with Gasteiger partial charge < -0.3 is 19.7 Å². The lowest BCUT2D eigenvalue weighted by Crippen LogP contribution is -2.45. The van der Waals surface area contributed by atoms with Crippen molar-refractivity contribution >= 4 is 11.8 Å². The van der Waals surface area contributed by atoms with Crippen molar-refractivity contribution in [3.8, 4) is 17.1 Å². The maximum Gasteiger partial charge on any atom is 0.247 e. The fraction of sp³-hybridized carbons (Fsp3) is 0.321. The second kappa shape index (κ2) is 12.2.